The van der Waals surface area contributed by atoms with E-state index in [-0.39, 0.29) is 6.04 Å². The molecule has 1 fully saturated rings. The van der Waals surface area contributed by atoms with Crippen molar-refractivity contribution in [1.82, 2.24) is 9.80 Å². The summed E-state index contributed by atoms with van der Waals surface area (Å²) in [5, 5.41) is 0.778. The molecule has 1 aromatic carbocycles. The van der Waals surface area contributed by atoms with Gasteiger partial charge < -0.3 is 15.5 Å². The highest BCUT2D eigenvalue weighted by Crippen LogP contribution is 2.23. The Hall–Kier alpha value is -0.610. The van der Waals surface area contributed by atoms with E-state index in [9.17, 15) is 0 Å². The summed E-state index contributed by atoms with van der Waals surface area (Å²) in [5.41, 5.74) is 7.31. The molecule has 1 aliphatic rings. The Labute approximate surface area is 127 Å². The van der Waals surface area contributed by atoms with Crippen LogP contribution in [0, 0.1) is 5.92 Å². The van der Waals surface area contributed by atoms with Crippen molar-refractivity contribution in [2.45, 2.75) is 18.9 Å². The molecule has 0 radical (unpaired) electrons. The molecular weight excluding hydrogens is 270 g/mol. The van der Waals surface area contributed by atoms with Crippen molar-refractivity contribution in [2.24, 2.45) is 11.7 Å². The zero-order valence-corrected chi connectivity index (χ0v) is 13.3. The minimum absolute atomic E-state index is 0.0254. The van der Waals surface area contributed by atoms with Crippen LogP contribution in [0.15, 0.2) is 24.3 Å². The molecule has 4 heteroatoms. The maximum Gasteiger partial charge on any atom is 0.0453 e. The van der Waals surface area contributed by atoms with Crippen LogP contribution in [-0.2, 0) is 0 Å². The number of nitrogens with zero attached hydrogens (tertiary/aromatic N) is 2. The molecule has 112 valence electrons. The summed E-state index contributed by atoms with van der Waals surface area (Å²) in [6.45, 7) is 4.64. The van der Waals surface area contributed by atoms with Crippen LogP contribution in [0.2, 0.25) is 5.02 Å². The van der Waals surface area contributed by atoms with Gasteiger partial charge in [-0.2, -0.15) is 0 Å². The summed E-state index contributed by atoms with van der Waals surface area (Å²) in [7, 11) is 4.39. The normalized spacial score (nSPS) is 21.6. The Morgan fingerprint density at radius 2 is 2.20 bits per heavy atom. The van der Waals surface area contributed by atoms with E-state index in [0.29, 0.717) is 0 Å². The van der Waals surface area contributed by atoms with Gasteiger partial charge in [-0.3, -0.25) is 0 Å². The van der Waals surface area contributed by atoms with Gasteiger partial charge in [-0.25, -0.2) is 0 Å². The average molecular weight is 296 g/mol. The SMILES string of the molecule is CN1CCC(CN(C)CCC(N)c2ccccc2Cl)C1. The van der Waals surface area contributed by atoms with Gasteiger partial charge in [0.05, 0.1) is 0 Å². The molecule has 1 aromatic rings. The molecular formula is C16H26ClN3. The van der Waals surface area contributed by atoms with Crippen molar-refractivity contribution >= 4 is 11.6 Å². The number of hydrogen-bond acceptors (Lipinski definition) is 3. The summed E-state index contributed by atoms with van der Waals surface area (Å²) in [6.07, 6.45) is 2.26. The summed E-state index contributed by atoms with van der Waals surface area (Å²) in [4.78, 5) is 4.81. The third kappa shape index (κ3) is 4.45. The lowest BCUT2D eigenvalue weighted by Gasteiger charge is -2.23. The van der Waals surface area contributed by atoms with Gasteiger partial charge in [0.15, 0.2) is 0 Å². The fourth-order valence-electron chi connectivity index (χ4n) is 3.00. The second-order valence-corrected chi connectivity index (χ2v) is 6.50. The second-order valence-electron chi connectivity index (χ2n) is 6.10. The molecule has 1 aliphatic heterocycles. The molecule has 0 spiro atoms. The summed E-state index contributed by atoms with van der Waals surface area (Å²) >= 11 is 6.19. The van der Waals surface area contributed by atoms with Crippen LogP contribution in [0.4, 0.5) is 0 Å². The molecule has 2 unspecified atom stereocenters. The summed E-state index contributed by atoms with van der Waals surface area (Å²) < 4.78 is 0. The minimum atomic E-state index is 0.0254. The van der Waals surface area contributed by atoms with E-state index in [1.54, 1.807) is 0 Å². The number of likely N-dealkylation sites (tertiary alicyclic amines) is 1. The molecule has 0 aromatic heterocycles. The zero-order valence-electron chi connectivity index (χ0n) is 12.6. The van der Waals surface area contributed by atoms with Crippen LogP contribution >= 0.6 is 11.6 Å². The van der Waals surface area contributed by atoms with Gasteiger partial charge in [-0.1, -0.05) is 29.8 Å². The molecule has 2 rings (SSSR count). The smallest absolute Gasteiger partial charge is 0.0453 e. The predicted molar refractivity (Wildman–Crippen MR) is 86.1 cm³/mol. The zero-order chi connectivity index (χ0) is 14.5. The number of rotatable bonds is 6. The molecule has 1 saturated heterocycles. The van der Waals surface area contributed by atoms with E-state index in [2.05, 4.69) is 23.9 Å². The molecule has 0 saturated carbocycles. The van der Waals surface area contributed by atoms with Gasteiger partial charge >= 0.3 is 0 Å². The van der Waals surface area contributed by atoms with E-state index in [0.717, 1.165) is 29.5 Å². The molecule has 0 aliphatic carbocycles. The number of benzene rings is 1. The summed E-state index contributed by atoms with van der Waals surface area (Å²) in [5.74, 6) is 0.807. The van der Waals surface area contributed by atoms with Crippen molar-refractivity contribution in [3.05, 3.63) is 34.9 Å². The monoisotopic (exact) mass is 295 g/mol. The van der Waals surface area contributed by atoms with Crippen molar-refractivity contribution in [3.8, 4) is 0 Å². The third-order valence-corrected chi connectivity index (χ3v) is 4.53. The Morgan fingerprint density at radius 3 is 2.85 bits per heavy atom. The quantitative estimate of drug-likeness (QED) is 0.876. The minimum Gasteiger partial charge on any atom is -0.324 e. The molecule has 0 bridgehead atoms. The van der Waals surface area contributed by atoms with Crippen LogP contribution in [0.25, 0.3) is 0 Å². The van der Waals surface area contributed by atoms with Gasteiger partial charge in [0.2, 0.25) is 0 Å². The third-order valence-electron chi connectivity index (χ3n) is 4.19. The predicted octanol–water partition coefficient (Wildman–Crippen LogP) is 2.61. The van der Waals surface area contributed by atoms with Crippen molar-refractivity contribution in [2.75, 3.05) is 40.3 Å². The topological polar surface area (TPSA) is 32.5 Å². The van der Waals surface area contributed by atoms with Crippen LogP contribution in [0.1, 0.15) is 24.4 Å². The highest BCUT2D eigenvalue weighted by Gasteiger charge is 2.21. The van der Waals surface area contributed by atoms with Crippen LogP contribution in [0.3, 0.4) is 0 Å². The molecule has 20 heavy (non-hydrogen) atoms. The maximum atomic E-state index is 6.26. The van der Waals surface area contributed by atoms with Crippen molar-refractivity contribution in [3.63, 3.8) is 0 Å². The van der Waals surface area contributed by atoms with Gasteiger partial charge in [0, 0.05) is 24.2 Å². The first-order valence-electron chi connectivity index (χ1n) is 7.43. The van der Waals surface area contributed by atoms with Crippen LogP contribution < -0.4 is 5.73 Å². The van der Waals surface area contributed by atoms with Crippen molar-refractivity contribution in [1.29, 1.82) is 0 Å². The Kier molecular flexibility index (Phi) is 5.85. The first-order chi connectivity index (χ1) is 9.56. The molecule has 2 atom stereocenters. The van der Waals surface area contributed by atoms with Gasteiger partial charge in [-0.15, -0.1) is 0 Å². The first kappa shape index (κ1) is 15.8. The van der Waals surface area contributed by atoms with Gasteiger partial charge in [-0.05, 0) is 57.6 Å². The lowest BCUT2D eigenvalue weighted by Crippen LogP contribution is -2.30. The fraction of sp³-hybridized carbons (Fsp3) is 0.625. The van der Waals surface area contributed by atoms with Crippen molar-refractivity contribution < 1.29 is 0 Å². The van der Waals surface area contributed by atoms with Crippen LogP contribution in [0.5, 0.6) is 0 Å². The Balaban J connectivity index is 1.75. The maximum absolute atomic E-state index is 6.26. The lowest BCUT2D eigenvalue weighted by atomic mass is 10.0. The molecule has 0 amide bonds. The van der Waals surface area contributed by atoms with E-state index >= 15 is 0 Å². The highest BCUT2D eigenvalue weighted by molar-refractivity contribution is 6.31. The molecule has 3 nitrogen and oxygen atoms in total. The largest absolute Gasteiger partial charge is 0.324 e. The van der Waals surface area contributed by atoms with E-state index < -0.39 is 0 Å². The van der Waals surface area contributed by atoms with Gasteiger partial charge in [0.1, 0.15) is 0 Å². The fourth-order valence-corrected chi connectivity index (χ4v) is 3.27. The lowest BCUT2D eigenvalue weighted by molar-refractivity contribution is 0.265. The summed E-state index contributed by atoms with van der Waals surface area (Å²) in [6, 6.07) is 7.91. The second kappa shape index (κ2) is 7.41. The number of halogens is 1. The van der Waals surface area contributed by atoms with Gasteiger partial charge in [0.25, 0.3) is 0 Å². The van der Waals surface area contributed by atoms with E-state index in [4.69, 9.17) is 17.3 Å². The first-order valence-corrected chi connectivity index (χ1v) is 7.81. The Morgan fingerprint density at radius 1 is 1.45 bits per heavy atom. The highest BCUT2D eigenvalue weighted by atomic mass is 35.5. The Bertz CT molecular complexity index is 424. The molecule has 1 heterocycles. The van der Waals surface area contributed by atoms with E-state index in [1.165, 1.54) is 26.1 Å². The standard InChI is InChI=1S/C16H26ClN3/c1-19-9-7-13(11-19)12-20(2)10-8-16(18)14-5-3-4-6-15(14)17/h3-6,13,16H,7-12,18H2,1-2H3. The van der Waals surface area contributed by atoms with Crippen LogP contribution in [-0.4, -0.2) is 50.1 Å². The number of nitrogens with two attached hydrogens (primary N) is 1. The molecule has 2 N–H and O–H groups in total. The van der Waals surface area contributed by atoms with E-state index in [1.807, 2.05) is 24.3 Å². The number of hydrogen-bond donors (Lipinski definition) is 1. The average Bonchev–Trinajstić information content (AvgIpc) is 2.82.